The topological polar surface area (TPSA) is 120 Å². The molecule has 2 N–H and O–H groups in total. The Labute approximate surface area is 201 Å². The summed E-state index contributed by atoms with van der Waals surface area (Å²) in [6.45, 7) is 4.28. The Morgan fingerprint density at radius 2 is 2.21 bits per heavy atom. The lowest BCUT2D eigenvalue weighted by atomic mass is 9.85. The molecule has 0 unspecified atom stereocenters. The van der Waals surface area contributed by atoms with E-state index in [4.69, 9.17) is 10.5 Å². The number of anilines is 1. The third kappa shape index (κ3) is 4.75. The second-order valence-corrected chi connectivity index (χ2v) is 10.0. The largest absolute Gasteiger partial charge is 0.462 e. The summed E-state index contributed by atoms with van der Waals surface area (Å²) in [6.07, 6.45) is 8.15. The molecule has 1 aliphatic carbocycles. The third-order valence-corrected chi connectivity index (χ3v) is 7.95. The Bertz CT molecular complexity index is 1170. The molecule has 3 aromatic heterocycles. The van der Waals surface area contributed by atoms with Gasteiger partial charge in [0.1, 0.15) is 15.9 Å². The number of nitrogens with two attached hydrogens (primary N) is 1. The first-order valence-electron chi connectivity index (χ1n) is 11.0. The second-order valence-electron chi connectivity index (χ2n) is 8.02. The number of esters is 1. The highest BCUT2D eigenvalue weighted by Crippen LogP contribution is 2.41. The molecule has 3 aromatic rings. The van der Waals surface area contributed by atoms with Crippen LogP contribution < -0.4 is 5.73 Å². The second kappa shape index (κ2) is 10.4. The summed E-state index contributed by atoms with van der Waals surface area (Å²) in [7, 11) is 0. The lowest BCUT2D eigenvalue weighted by Gasteiger charge is -2.31. The molecular weight excluding hydrogens is 456 g/mol. The number of thioether (sulfide) groups is 1. The van der Waals surface area contributed by atoms with Crippen molar-refractivity contribution in [3.63, 3.8) is 0 Å². The minimum Gasteiger partial charge on any atom is -0.462 e. The summed E-state index contributed by atoms with van der Waals surface area (Å²) in [4.78, 5) is 17.1. The summed E-state index contributed by atoms with van der Waals surface area (Å²) >= 11 is 2.56. The van der Waals surface area contributed by atoms with Crippen LogP contribution >= 0.6 is 23.1 Å². The van der Waals surface area contributed by atoms with Crippen molar-refractivity contribution in [2.24, 2.45) is 5.92 Å². The first-order valence-corrected chi connectivity index (χ1v) is 12.8. The fourth-order valence-corrected chi connectivity index (χ4v) is 6.33. The Morgan fingerprint density at radius 3 is 2.91 bits per heavy atom. The van der Waals surface area contributed by atoms with Gasteiger partial charge in [0.05, 0.1) is 12.2 Å². The number of hydrogen-bond acceptors (Lipinski definition) is 9. The smallest absolute Gasteiger partial charge is 0.348 e. The molecule has 33 heavy (non-hydrogen) atoms. The maximum Gasteiger partial charge on any atom is 0.348 e. The Morgan fingerprint density at radius 1 is 1.39 bits per heavy atom. The van der Waals surface area contributed by atoms with E-state index in [-0.39, 0.29) is 12.6 Å². The average Bonchev–Trinajstić information content (AvgIpc) is 3.39. The highest BCUT2D eigenvalue weighted by Gasteiger charge is 2.30. The zero-order valence-electron chi connectivity index (χ0n) is 18.7. The molecule has 0 aromatic carbocycles. The van der Waals surface area contributed by atoms with Gasteiger partial charge in [-0.2, -0.15) is 5.26 Å². The first-order chi connectivity index (χ1) is 16.0. The summed E-state index contributed by atoms with van der Waals surface area (Å²) in [5.41, 5.74) is 7.88. The number of hydrogen-bond donors (Lipinski definition) is 1. The normalized spacial score (nSPS) is 18.1. The van der Waals surface area contributed by atoms with Gasteiger partial charge in [-0.15, -0.1) is 21.5 Å². The fourth-order valence-electron chi connectivity index (χ4n) is 4.29. The number of thiophene rings is 1. The number of aromatic nitrogens is 4. The zero-order valence-corrected chi connectivity index (χ0v) is 20.3. The van der Waals surface area contributed by atoms with E-state index < -0.39 is 5.97 Å². The molecule has 2 atom stereocenters. The van der Waals surface area contributed by atoms with Crippen LogP contribution in [0.2, 0.25) is 0 Å². The van der Waals surface area contributed by atoms with Gasteiger partial charge in [-0.05, 0) is 37.8 Å². The van der Waals surface area contributed by atoms with Gasteiger partial charge >= 0.3 is 5.97 Å². The molecular formula is C23H26N6O2S2. The van der Waals surface area contributed by atoms with Gasteiger partial charge in [-0.25, -0.2) is 4.79 Å². The lowest BCUT2D eigenvalue weighted by Crippen LogP contribution is -2.22. The summed E-state index contributed by atoms with van der Waals surface area (Å²) in [6, 6.07) is 6.30. The zero-order chi connectivity index (χ0) is 23.4. The summed E-state index contributed by atoms with van der Waals surface area (Å²) in [5.74, 6) is 1.20. The predicted molar refractivity (Wildman–Crippen MR) is 129 cm³/mol. The van der Waals surface area contributed by atoms with Crippen LogP contribution in [-0.4, -0.2) is 32.3 Å². The standard InChI is InChI=1S/C23H26N6O2S2/c1-3-31-22(30)19-17(16(11-24)20(25)33-19)13-32-23-28-27-21(15-8-6-10-26-12-15)29(23)18-9-5-4-7-14(18)2/h6,8,10,12,14,18H,3-5,7,9,13,25H2,1-2H3/t14-,18-/m1/s1. The molecule has 0 saturated heterocycles. The van der Waals surface area contributed by atoms with Crippen LogP contribution in [0.3, 0.4) is 0 Å². The van der Waals surface area contributed by atoms with Crippen molar-refractivity contribution in [2.45, 2.75) is 56.5 Å². The Kier molecular flexibility index (Phi) is 7.30. The molecule has 4 rings (SSSR count). The van der Waals surface area contributed by atoms with E-state index in [1.54, 1.807) is 19.3 Å². The van der Waals surface area contributed by atoms with Crippen LogP contribution in [0.15, 0.2) is 29.7 Å². The van der Waals surface area contributed by atoms with Crippen LogP contribution in [0.25, 0.3) is 11.4 Å². The van der Waals surface area contributed by atoms with E-state index >= 15 is 0 Å². The van der Waals surface area contributed by atoms with Crippen molar-refractivity contribution in [1.29, 1.82) is 5.26 Å². The Hall–Kier alpha value is -2.90. The van der Waals surface area contributed by atoms with E-state index in [0.717, 1.165) is 47.1 Å². The van der Waals surface area contributed by atoms with Crippen LogP contribution in [0.4, 0.5) is 5.00 Å². The molecule has 172 valence electrons. The minimum absolute atomic E-state index is 0.257. The molecule has 1 fully saturated rings. The third-order valence-electron chi connectivity index (χ3n) is 5.93. The van der Waals surface area contributed by atoms with Crippen LogP contribution in [0.5, 0.6) is 0 Å². The van der Waals surface area contributed by atoms with Crippen molar-refractivity contribution >= 4 is 34.1 Å². The lowest BCUT2D eigenvalue weighted by molar-refractivity contribution is 0.0531. The molecule has 0 amide bonds. The Balaban J connectivity index is 1.71. The van der Waals surface area contributed by atoms with Crippen molar-refractivity contribution in [3.05, 3.63) is 40.5 Å². The van der Waals surface area contributed by atoms with Gasteiger partial charge in [-0.3, -0.25) is 9.55 Å². The molecule has 3 heterocycles. The van der Waals surface area contributed by atoms with Crippen LogP contribution in [0, 0.1) is 17.2 Å². The number of nitrogen functional groups attached to an aromatic ring is 1. The molecule has 0 spiro atoms. The predicted octanol–water partition coefficient (Wildman–Crippen LogP) is 5.08. The van der Waals surface area contributed by atoms with Gasteiger partial charge < -0.3 is 10.5 Å². The van der Waals surface area contributed by atoms with Crippen molar-refractivity contribution < 1.29 is 9.53 Å². The number of nitriles is 1. The van der Waals surface area contributed by atoms with Gasteiger partial charge in [0, 0.05) is 35.3 Å². The molecule has 1 saturated carbocycles. The maximum absolute atomic E-state index is 12.5. The van der Waals surface area contributed by atoms with Gasteiger partial charge in [0.2, 0.25) is 0 Å². The summed E-state index contributed by atoms with van der Waals surface area (Å²) < 4.78 is 7.41. The minimum atomic E-state index is -0.454. The fraction of sp³-hybridized carbons (Fsp3) is 0.435. The van der Waals surface area contributed by atoms with E-state index in [1.165, 1.54) is 18.2 Å². The van der Waals surface area contributed by atoms with Crippen molar-refractivity contribution in [2.75, 3.05) is 12.3 Å². The SMILES string of the molecule is CCOC(=O)c1sc(N)c(C#N)c1CSc1nnc(-c2cccnc2)n1[C@@H]1CCCC[C@H]1C. The highest BCUT2D eigenvalue weighted by molar-refractivity contribution is 7.98. The van der Waals surface area contributed by atoms with E-state index in [9.17, 15) is 10.1 Å². The number of carbonyl (C=O) groups excluding carboxylic acids is 1. The number of nitrogens with zero attached hydrogens (tertiary/aromatic N) is 5. The van der Waals surface area contributed by atoms with Gasteiger partial charge in [0.25, 0.3) is 0 Å². The number of carbonyl (C=O) groups is 1. The molecule has 8 nitrogen and oxygen atoms in total. The van der Waals surface area contributed by atoms with E-state index in [1.807, 2.05) is 12.1 Å². The molecule has 0 bridgehead atoms. The molecule has 0 radical (unpaired) electrons. The quantitative estimate of drug-likeness (QED) is 0.366. The van der Waals surface area contributed by atoms with Crippen LogP contribution in [-0.2, 0) is 10.5 Å². The average molecular weight is 483 g/mol. The first kappa shape index (κ1) is 23.3. The monoisotopic (exact) mass is 482 g/mol. The number of ether oxygens (including phenoxy) is 1. The van der Waals surface area contributed by atoms with Crippen molar-refractivity contribution in [3.8, 4) is 17.5 Å². The molecule has 0 aliphatic heterocycles. The number of pyridine rings is 1. The van der Waals surface area contributed by atoms with Gasteiger partial charge in [0.15, 0.2) is 11.0 Å². The van der Waals surface area contributed by atoms with Crippen molar-refractivity contribution in [1.82, 2.24) is 19.7 Å². The molecule has 1 aliphatic rings. The van der Waals surface area contributed by atoms with E-state index in [0.29, 0.717) is 32.7 Å². The van der Waals surface area contributed by atoms with E-state index in [2.05, 4.69) is 32.7 Å². The van der Waals surface area contributed by atoms with Gasteiger partial charge in [-0.1, -0.05) is 31.5 Å². The summed E-state index contributed by atoms with van der Waals surface area (Å²) in [5, 5.41) is 19.8. The van der Waals surface area contributed by atoms with Crippen LogP contribution in [0.1, 0.15) is 66.4 Å². The molecule has 10 heteroatoms. The highest BCUT2D eigenvalue weighted by atomic mass is 32.2. The number of rotatable bonds is 7. The maximum atomic E-state index is 12.5.